The molecule has 0 aliphatic carbocycles. The zero-order valence-electron chi connectivity index (χ0n) is 15.0. The molecule has 132 valence electrons. The molecule has 2 N–H and O–H groups in total. The molecule has 22 heavy (non-hydrogen) atoms. The van der Waals surface area contributed by atoms with E-state index in [9.17, 15) is 4.79 Å². The molecule has 0 saturated heterocycles. The summed E-state index contributed by atoms with van der Waals surface area (Å²) in [5.74, 6) is 1.71. The first kappa shape index (κ1) is 21.8. The number of rotatable bonds is 14. The lowest BCUT2D eigenvalue weighted by atomic mass is 9.84. The molecule has 0 aliphatic rings. The SMILES string of the molecule is CC(C)(CCO)CCCCSCCCCC(C)(C)CC(=O)O. The molecule has 3 nitrogen and oxygen atoms in total. The van der Waals surface area contributed by atoms with Crippen molar-refractivity contribution in [3.8, 4) is 0 Å². The molecule has 0 saturated carbocycles. The minimum Gasteiger partial charge on any atom is -0.481 e. The molecule has 0 radical (unpaired) electrons. The fourth-order valence-electron chi connectivity index (χ4n) is 2.64. The largest absolute Gasteiger partial charge is 0.481 e. The summed E-state index contributed by atoms with van der Waals surface area (Å²) >= 11 is 2.02. The van der Waals surface area contributed by atoms with Crippen LogP contribution in [0.4, 0.5) is 0 Å². The minimum absolute atomic E-state index is 0.0746. The molecule has 0 aromatic rings. The van der Waals surface area contributed by atoms with Gasteiger partial charge < -0.3 is 10.2 Å². The minimum atomic E-state index is -0.691. The first-order valence-corrected chi connectivity index (χ1v) is 9.74. The number of unbranched alkanes of at least 4 members (excludes halogenated alkanes) is 2. The van der Waals surface area contributed by atoms with Crippen molar-refractivity contribution < 1.29 is 15.0 Å². The molecule has 0 heterocycles. The quantitative estimate of drug-likeness (QED) is 0.441. The van der Waals surface area contributed by atoms with E-state index in [1.54, 1.807) is 0 Å². The van der Waals surface area contributed by atoms with Gasteiger partial charge in [-0.3, -0.25) is 4.79 Å². The number of carboxylic acid groups (broad SMARTS) is 1. The fourth-order valence-corrected chi connectivity index (χ4v) is 3.66. The molecule has 0 aliphatic heterocycles. The molecule has 0 aromatic heterocycles. The van der Waals surface area contributed by atoms with Crippen molar-refractivity contribution in [3.05, 3.63) is 0 Å². The van der Waals surface area contributed by atoms with Crippen LogP contribution in [-0.4, -0.2) is 34.3 Å². The maximum Gasteiger partial charge on any atom is 0.303 e. The second-order valence-corrected chi connectivity index (χ2v) is 9.12. The second kappa shape index (κ2) is 11.3. The normalized spacial score (nSPS) is 12.6. The highest BCUT2D eigenvalue weighted by Gasteiger charge is 2.20. The van der Waals surface area contributed by atoms with Gasteiger partial charge in [-0.2, -0.15) is 11.8 Å². The Morgan fingerprint density at radius 2 is 1.36 bits per heavy atom. The number of aliphatic carboxylic acids is 1. The van der Waals surface area contributed by atoms with Crippen LogP contribution in [0.5, 0.6) is 0 Å². The van der Waals surface area contributed by atoms with Crippen molar-refractivity contribution in [1.29, 1.82) is 0 Å². The van der Waals surface area contributed by atoms with Crippen molar-refractivity contribution in [3.63, 3.8) is 0 Å². The van der Waals surface area contributed by atoms with Gasteiger partial charge in [-0.05, 0) is 54.4 Å². The van der Waals surface area contributed by atoms with Crippen LogP contribution < -0.4 is 0 Å². The van der Waals surface area contributed by atoms with Gasteiger partial charge in [0.25, 0.3) is 0 Å². The van der Waals surface area contributed by atoms with Gasteiger partial charge in [0, 0.05) is 6.61 Å². The zero-order valence-corrected chi connectivity index (χ0v) is 15.8. The molecule has 0 amide bonds. The van der Waals surface area contributed by atoms with Crippen LogP contribution in [0.2, 0.25) is 0 Å². The van der Waals surface area contributed by atoms with Gasteiger partial charge in [0.15, 0.2) is 0 Å². The molecule has 0 fully saturated rings. The molecule has 0 bridgehead atoms. The Labute approximate surface area is 141 Å². The molecule has 0 atom stereocenters. The number of thioether (sulfide) groups is 1. The summed E-state index contributed by atoms with van der Waals surface area (Å²) in [6.07, 6.45) is 8.15. The van der Waals surface area contributed by atoms with Crippen LogP contribution in [0.1, 0.15) is 79.1 Å². The van der Waals surface area contributed by atoms with Crippen LogP contribution >= 0.6 is 11.8 Å². The lowest BCUT2D eigenvalue weighted by molar-refractivity contribution is -0.139. The number of aliphatic hydroxyl groups is 1. The van der Waals surface area contributed by atoms with Gasteiger partial charge in [-0.1, -0.05) is 40.5 Å². The second-order valence-electron chi connectivity index (χ2n) is 7.90. The Balaban J connectivity index is 3.46. The fraction of sp³-hybridized carbons (Fsp3) is 0.944. The predicted octanol–water partition coefficient (Wildman–Crippen LogP) is 4.97. The van der Waals surface area contributed by atoms with Gasteiger partial charge in [0.05, 0.1) is 6.42 Å². The molecule has 0 aromatic carbocycles. The summed E-state index contributed by atoms with van der Waals surface area (Å²) in [6.45, 7) is 8.84. The summed E-state index contributed by atoms with van der Waals surface area (Å²) < 4.78 is 0. The monoisotopic (exact) mass is 332 g/mol. The summed E-state index contributed by atoms with van der Waals surface area (Å²) in [5.41, 5.74) is 0.198. The Kier molecular flexibility index (Phi) is 11.2. The molecule has 0 unspecified atom stereocenters. The maximum absolute atomic E-state index is 10.7. The summed E-state index contributed by atoms with van der Waals surface area (Å²) in [4.78, 5) is 10.7. The molecule has 0 spiro atoms. The standard InChI is InChI=1S/C18H36O3S/c1-17(2,11-12-19)9-5-7-13-22-14-8-6-10-18(3,4)15-16(20)21/h19H,5-15H2,1-4H3,(H,20,21). The van der Waals surface area contributed by atoms with Gasteiger partial charge in [0.1, 0.15) is 0 Å². The van der Waals surface area contributed by atoms with Gasteiger partial charge in [-0.15, -0.1) is 0 Å². The van der Waals surface area contributed by atoms with Crippen molar-refractivity contribution >= 4 is 17.7 Å². The Bertz CT molecular complexity index is 301. The van der Waals surface area contributed by atoms with E-state index < -0.39 is 5.97 Å². The number of carboxylic acids is 1. The van der Waals surface area contributed by atoms with E-state index in [0.29, 0.717) is 6.61 Å². The van der Waals surface area contributed by atoms with Gasteiger partial charge >= 0.3 is 5.97 Å². The Morgan fingerprint density at radius 1 is 0.864 bits per heavy atom. The maximum atomic E-state index is 10.7. The topological polar surface area (TPSA) is 57.5 Å². The van der Waals surface area contributed by atoms with Crippen molar-refractivity contribution in [2.24, 2.45) is 10.8 Å². The smallest absolute Gasteiger partial charge is 0.303 e. The van der Waals surface area contributed by atoms with E-state index in [-0.39, 0.29) is 17.3 Å². The Hall–Kier alpha value is -0.220. The molecular formula is C18H36O3S. The number of hydrogen-bond acceptors (Lipinski definition) is 3. The van der Waals surface area contributed by atoms with E-state index in [1.807, 2.05) is 25.6 Å². The summed E-state index contributed by atoms with van der Waals surface area (Å²) in [6, 6.07) is 0. The highest BCUT2D eigenvalue weighted by Crippen LogP contribution is 2.29. The van der Waals surface area contributed by atoms with E-state index in [0.717, 1.165) is 19.3 Å². The summed E-state index contributed by atoms with van der Waals surface area (Å²) in [5, 5.41) is 17.8. The summed E-state index contributed by atoms with van der Waals surface area (Å²) in [7, 11) is 0. The van der Waals surface area contributed by atoms with Crippen LogP contribution in [0, 0.1) is 10.8 Å². The van der Waals surface area contributed by atoms with Crippen molar-refractivity contribution in [2.75, 3.05) is 18.1 Å². The zero-order chi connectivity index (χ0) is 17.1. The number of hydrogen-bond donors (Lipinski definition) is 2. The van der Waals surface area contributed by atoms with Crippen LogP contribution in [0.15, 0.2) is 0 Å². The van der Waals surface area contributed by atoms with Crippen LogP contribution in [-0.2, 0) is 4.79 Å². The average Bonchev–Trinajstić information content (AvgIpc) is 2.34. The first-order chi connectivity index (χ1) is 10.2. The Morgan fingerprint density at radius 3 is 1.82 bits per heavy atom. The number of carbonyl (C=O) groups is 1. The highest BCUT2D eigenvalue weighted by molar-refractivity contribution is 7.99. The lowest BCUT2D eigenvalue weighted by Gasteiger charge is -2.23. The third-order valence-corrected chi connectivity index (χ3v) is 5.36. The van der Waals surface area contributed by atoms with E-state index in [2.05, 4.69) is 13.8 Å². The first-order valence-electron chi connectivity index (χ1n) is 8.59. The third kappa shape index (κ3) is 13.4. The van der Waals surface area contributed by atoms with E-state index in [4.69, 9.17) is 10.2 Å². The van der Waals surface area contributed by atoms with Crippen LogP contribution in [0.25, 0.3) is 0 Å². The average molecular weight is 333 g/mol. The number of aliphatic hydroxyl groups excluding tert-OH is 1. The van der Waals surface area contributed by atoms with Crippen LogP contribution in [0.3, 0.4) is 0 Å². The molecule has 0 rings (SSSR count). The molecule has 4 heteroatoms. The van der Waals surface area contributed by atoms with Gasteiger partial charge in [-0.25, -0.2) is 0 Å². The van der Waals surface area contributed by atoms with Crippen molar-refractivity contribution in [1.82, 2.24) is 0 Å². The van der Waals surface area contributed by atoms with Gasteiger partial charge in [0.2, 0.25) is 0 Å². The molecular weight excluding hydrogens is 296 g/mol. The highest BCUT2D eigenvalue weighted by atomic mass is 32.2. The lowest BCUT2D eigenvalue weighted by Crippen LogP contribution is -2.16. The van der Waals surface area contributed by atoms with E-state index >= 15 is 0 Å². The van der Waals surface area contributed by atoms with Crippen molar-refractivity contribution in [2.45, 2.75) is 79.1 Å². The van der Waals surface area contributed by atoms with E-state index in [1.165, 1.54) is 37.2 Å². The predicted molar refractivity (Wildman–Crippen MR) is 96.5 cm³/mol. The third-order valence-electron chi connectivity index (χ3n) is 4.20.